The molecular weight excluding hydrogens is 397 g/mol. The maximum Gasteiger partial charge on any atom is 0.227 e. The Morgan fingerprint density at radius 2 is 1.81 bits per heavy atom. The molecule has 0 radical (unpaired) electrons. The molecule has 164 valence electrons. The molecule has 1 saturated heterocycles. The van der Waals surface area contributed by atoms with Gasteiger partial charge in [0.25, 0.3) is 0 Å². The van der Waals surface area contributed by atoms with Crippen molar-refractivity contribution in [1.82, 2.24) is 10.6 Å². The lowest BCUT2D eigenvalue weighted by molar-refractivity contribution is -0.121. The highest BCUT2D eigenvalue weighted by Crippen LogP contribution is 2.21. The standard InChI is InChI=1S/C23H28FN5O2/c1-26-23(28-15-18(22(25)31)13-16-4-8-19(24)9-5-16)27-14-17-6-10-20(11-7-17)29-12-2-3-21(29)30/h4-11,18H,2-3,12-15H2,1H3,(H2,25,31)(H2,26,27,28). The minimum atomic E-state index is -0.457. The number of nitrogens with zero attached hydrogens (tertiary/aromatic N) is 2. The van der Waals surface area contributed by atoms with Crippen LogP contribution in [0, 0.1) is 11.7 Å². The SMILES string of the molecule is CN=C(NCc1ccc(N2CCCC2=O)cc1)NCC(Cc1ccc(F)cc1)C(N)=O. The molecule has 2 aromatic carbocycles. The second-order valence-electron chi connectivity index (χ2n) is 7.55. The van der Waals surface area contributed by atoms with Crippen LogP contribution in [0.25, 0.3) is 0 Å². The molecule has 8 heteroatoms. The van der Waals surface area contributed by atoms with Crippen LogP contribution < -0.4 is 21.3 Å². The predicted molar refractivity (Wildman–Crippen MR) is 119 cm³/mol. The van der Waals surface area contributed by atoms with Gasteiger partial charge < -0.3 is 21.3 Å². The first-order valence-electron chi connectivity index (χ1n) is 10.3. The Morgan fingerprint density at radius 3 is 2.39 bits per heavy atom. The van der Waals surface area contributed by atoms with Gasteiger partial charge in [-0.15, -0.1) is 0 Å². The Hall–Kier alpha value is -3.42. The molecule has 0 spiro atoms. The summed E-state index contributed by atoms with van der Waals surface area (Å²) in [6.45, 7) is 1.61. The largest absolute Gasteiger partial charge is 0.369 e. The number of nitrogens with two attached hydrogens (primary N) is 1. The molecule has 1 unspecified atom stereocenters. The van der Waals surface area contributed by atoms with Crippen LogP contribution in [-0.2, 0) is 22.6 Å². The number of hydrogen-bond donors (Lipinski definition) is 3. The quantitative estimate of drug-likeness (QED) is 0.445. The molecule has 1 aliphatic heterocycles. The molecule has 0 saturated carbocycles. The van der Waals surface area contributed by atoms with Gasteiger partial charge in [0.2, 0.25) is 11.8 Å². The van der Waals surface area contributed by atoms with Gasteiger partial charge in [-0.2, -0.15) is 0 Å². The highest BCUT2D eigenvalue weighted by molar-refractivity contribution is 5.95. The van der Waals surface area contributed by atoms with Gasteiger partial charge in [-0.25, -0.2) is 4.39 Å². The number of guanidine groups is 1. The van der Waals surface area contributed by atoms with Crippen molar-refractivity contribution >= 4 is 23.5 Å². The Labute approximate surface area is 181 Å². The van der Waals surface area contributed by atoms with Crippen molar-refractivity contribution in [3.63, 3.8) is 0 Å². The number of nitrogens with one attached hydrogen (secondary N) is 2. The summed E-state index contributed by atoms with van der Waals surface area (Å²) in [5.41, 5.74) is 8.33. The van der Waals surface area contributed by atoms with Crippen LogP contribution in [0.3, 0.4) is 0 Å². The number of anilines is 1. The van der Waals surface area contributed by atoms with Crippen LogP contribution in [0.4, 0.5) is 10.1 Å². The van der Waals surface area contributed by atoms with Gasteiger partial charge >= 0.3 is 0 Å². The Morgan fingerprint density at radius 1 is 1.13 bits per heavy atom. The van der Waals surface area contributed by atoms with Gasteiger partial charge in [-0.1, -0.05) is 24.3 Å². The van der Waals surface area contributed by atoms with Crippen molar-refractivity contribution in [2.75, 3.05) is 25.0 Å². The van der Waals surface area contributed by atoms with E-state index < -0.39 is 11.8 Å². The zero-order valence-corrected chi connectivity index (χ0v) is 17.6. The summed E-state index contributed by atoms with van der Waals surface area (Å²) >= 11 is 0. The second-order valence-corrected chi connectivity index (χ2v) is 7.55. The number of primary amides is 1. The number of halogens is 1. The molecule has 1 aliphatic rings. The highest BCUT2D eigenvalue weighted by Gasteiger charge is 2.21. The summed E-state index contributed by atoms with van der Waals surface area (Å²) in [4.78, 5) is 29.7. The summed E-state index contributed by atoms with van der Waals surface area (Å²) in [6.07, 6.45) is 1.92. The molecule has 1 fully saturated rings. The Balaban J connectivity index is 1.50. The fraction of sp³-hybridized carbons (Fsp3) is 0.348. The third-order valence-corrected chi connectivity index (χ3v) is 5.32. The molecular formula is C23H28FN5O2. The first-order valence-corrected chi connectivity index (χ1v) is 10.3. The van der Waals surface area contributed by atoms with Crippen LogP contribution in [0.15, 0.2) is 53.5 Å². The molecule has 2 amide bonds. The summed E-state index contributed by atoms with van der Waals surface area (Å²) in [5.74, 6) is -0.493. The van der Waals surface area contributed by atoms with Gasteiger partial charge in [0, 0.05) is 38.8 Å². The van der Waals surface area contributed by atoms with Gasteiger partial charge in [0.05, 0.1) is 5.92 Å². The van der Waals surface area contributed by atoms with Gasteiger partial charge in [-0.3, -0.25) is 14.6 Å². The molecule has 0 bridgehead atoms. The third kappa shape index (κ3) is 6.28. The fourth-order valence-electron chi connectivity index (χ4n) is 3.52. The van der Waals surface area contributed by atoms with Crippen molar-refractivity contribution in [3.05, 3.63) is 65.5 Å². The monoisotopic (exact) mass is 425 g/mol. The summed E-state index contributed by atoms with van der Waals surface area (Å²) < 4.78 is 13.1. The van der Waals surface area contributed by atoms with E-state index in [0.717, 1.165) is 29.8 Å². The van der Waals surface area contributed by atoms with Crippen molar-refractivity contribution in [2.24, 2.45) is 16.6 Å². The zero-order valence-electron chi connectivity index (χ0n) is 17.6. The first-order chi connectivity index (χ1) is 15.0. The normalized spacial score (nSPS) is 15.1. The number of aliphatic imine (C=N–C) groups is 1. The van der Waals surface area contributed by atoms with Crippen LogP contribution >= 0.6 is 0 Å². The van der Waals surface area contributed by atoms with Crippen molar-refractivity contribution in [1.29, 1.82) is 0 Å². The van der Waals surface area contributed by atoms with Crippen LogP contribution in [0.2, 0.25) is 0 Å². The van der Waals surface area contributed by atoms with E-state index in [-0.39, 0.29) is 11.7 Å². The predicted octanol–water partition coefficient (Wildman–Crippen LogP) is 1.96. The molecule has 0 aliphatic carbocycles. The van der Waals surface area contributed by atoms with Crippen molar-refractivity contribution in [3.8, 4) is 0 Å². The fourth-order valence-corrected chi connectivity index (χ4v) is 3.52. The minimum absolute atomic E-state index is 0.167. The summed E-state index contributed by atoms with van der Waals surface area (Å²) in [5, 5.41) is 6.33. The first kappa shape index (κ1) is 22.3. The zero-order chi connectivity index (χ0) is 22.2. The van der Waals surface area contributed by atoms with E-state index >= 15 is 0 Å². The average Bonchev–Trinajstić information content (AvgIpc) is 3.20. The molecule has 3 rings (SSSR count). The van der Waals surface area contributed by atoms with E-state index in [0.29, 0.717) is 31.9 Å². The lowest BCUT2D eigenvalue weighted by atomic mass is 9.98. The smallest absolute Gasteiger partial charge is 0.227 e. The molecule has 2 aromatic rings. The maximum atomic E-state index is 13.1. The lowest BCUT2D eigenvalue weighted by Crippen LogP contribution is -2.42. The molecule has 1 heterocycles. The number of amides is 2. The van der Waals surface area contributed by atoms with E-state index in [1.54, 1.807) is 19.2 Å². The molecule has 4 N–H and O–H groups in total. The third-order valence-electron chi connectivity index (χ3n) is 5.32. The highest BCUT2D eigenvalue weighted by atomic mass is 19.1. The number of benzene rings is 2. The molecule has 1 atom stereocenters. The van der Waals surface area contributed by atoms with E-state index in [1.165, 1.54) is 12.1 Å². The van der Waals surface area contributed by atoms with Crippen LogP contribution in [0.5, 0.6) is 0 Å². The molecule has 0 aromatic heterocycles. The van der Waals surface area contributed by atoms with Gasteiger partial charge in [0.15, 0.2) is 5.96 Å². The minimum Gasteiger partial charge on any atom is -0.369 e. The van der Waals surface area contributed by atoms with Gasteiger partial charge in [0.1, 0.15) is 5.82 Å². The second kappa shape index (κ2) is 10.6. The summed E-state index contributed by atoms with van der Waals surface area (Å²) in [6, 6.07) is 13.9. The number of hydrogen-bond acceptors (Lipinski definition) is 3. The van der Waals surface area contributed by atoms with Gasteiger partial charge in [-0.05, 0) is 48.2 Å². The maximum absolute atomic E-state index is 13.1. The topological polar surface area (TPSA) is 99.8 Å². The Kier molecular flexibility index (Phi) is 7.59. The molecule has 31 heavy (non-hydrogen) atoms. The van der Waals surface area contributed by atoms with E-state index in [2.05, 4.69) is 15.6 Å². The Bertz CT molecular complexity index is 928. The molecule has 7 nitrogen and oxygen atoms in total. The lowest BCUT2D eigenvalue weighted by Gasteiger charge is -2.18. The number of rotatable bonds is 8. The van der Waals surface area contributed by atoms with E-state index in [1.807, 2.05) is 29.2 Å². The number of carbonyl (C=O) groups excluding carboxylic acids is 2. The summed E-state index contributed by atoms with van der Waals surface area (Å²) in [7, 11) is 1.65. The average molecular weight is 426 g/mol. The number of carbonyl (C=O) groups is 2. The van der Waals surface area contributed by atoms with E-state index in [9.17, 15) is 14.0 Å². The van der Waals surface area contributed by atoms with Crippen molar-refractivity contribution < 1.29 is 14.0 Å². The van der Waals surface area contributed by atoms with Crippen LogP contribution in [0.1, 0.15) is 24.0 Å². The van der Waals surface area contributed by atoms with Crippen LogP contribution in [-0.4, -0.2) is 37.9 Å². The van der Waals surface area contributed by atoms with Crippen molar-refractivity contribution in [2.45, 2.75) is 25.8 Å². The van der Waals surface area contributed by atoms with E-state index in [4.69, 9.17) is 5.73 Å².